The molecular weight excluding hydrogens is 499 g/mol. The van der Waals surface area contributed by atoms with Crippen LogP contribution in [0, 0.1) is 6.92 Å². The Morgan fingerprint density at radius 2 is 1.84 bits per heavy atom. The number of carbonyl (C=O) groups is 2. The lowest BCUT2D eigenvalue weighted by atomic mass is 10.0. The van der Waals surface area contributed by atoms with Crippen molar-refractivity contribution in [1.29, 1.82) is 0 Å². The maximum atomic E-state index is 13.0. The van der Waals surface area contributed by atoms with Crippen molar-refractivity contribution >= 4 is 44.9 Å². The molecule has 0 radical (unpaired) electrons. The number of alkyl halides is 3. The summed E-state index contributed by atoms with van der Waals surface area (Å²) < 4.78 is 39.9. The van der Waals surface area contributed by atoms with E-state index in [0.717, 1.165) is 4.68 Å². The molecule has 0 unspecified atom stereocenters. The van der Waals surface area contributed by atoms with Gasteiger partial charge in [-0.05, 0) is 41.1 Å². The number of amides is 1. The second-order valence-corrected chi connectivity index (χ2v) is 7.88. The third kappa shape index (κ3) is 5.34. The third-order valence-corrected chi connectivity index (χ3v) is 5.67. The van der Waals surface area contributed by atoms with Gasteiger partial charge in [0.05, 0.1) is 22.4 Å². The molecule has 162 valence electrons. The number of carbonyl (C=O) groups excluding carboxylic acids is 2. The fraction of sp³-hybridized carbons (Fsp3) is 0.190. The minimum atomic E-state index is -4.60. The predicted molar refractivity (Wildman–Crippen MR) is 114 cm³/mol. The Kier molecular flexibility index (Phi) is 6.86. The lowest BCUT2D eigenvalue weighted by Gasteiger charge is -2.12. The summed E-state index contributed by atoms with van der Waals surface area (Å²) in [6, 6.07) is 13.0. The van der Waals surface area contributed by atoms with Crippen molar-refractivity contribution in [2.75, 3.05) is 5.32 Å². The maximum Gasteiger partial charge on any atom is 0.436 e. The topological polar surface area (TPSA) is 64.0 Å². The Hall–Kier alpha value is -2.65. The SMILES string of the molecule is Cc1c(Br)c(C(F)(F)F)nn1CCC(=O)Nc1ccc(Cl)cc1C(=O)c1ccccc1. The number of rotatable bonds is 6. The van der Waals surface area contributed by atoms with Crippen LogP contribution in [0.3, 0.4) is 0 Å². The van der Waals surface area contributed by atoms with Crippen molar-refractivity contribution in [2.45, 2.75) is 26.1 Å². The largest absolute Gasteiger partial charge is 0.436 e. The lowest BCUT2D eigenvalue weighted by molar-refractivity contribution is -0.142. The normalized spacial score (nSPS) is 11.4. The molecule has 3 aromatic rings. The summed E-state index contributed by atoms with van der Waals surface area (Å²) in [5, 5.41) is 6.51. The van der Waals surface area contributed by atoms with E-state index < -0.39 is 17.8 Å². The molecule has 0 saturated carbocycles. The zero-order chi connectivity index (χ0) is 22.8. The number of benzene rings is 2. The van der Waals surface area contributed by atoms with Crippen molar-refractivity contribution in [3.63, 3.8) is 0 Å². The number of aromatic nitrogens is 2. The van der Waals surface area contributed by atoms with Crippen molar-refractivity contribution < 1.29 is 22.8 Å². The van der Waals surface area contributed by atoms with E-state index in [2.05, 4.69) is 26.3 Å². The molecule has 0 aliphatic carbocycles. The molecule has 0 aliphatic rings. The summed E-state index contributed by atoms with van der Waals surface area (Å²) >= 11 is 8.92. The van der Waals surface area contributed by atoms with E-state index in [1.54, 1.807) is 30.3 Å². The third-order valence-electron chi connectivity index (χ3n) is 4.49. The summed E-state index contributed by atoms with van der Waals surface area (Å²) in [6.07, 6.45) is -4.75. The van der Waals surface area contributed by atoms with Gasteiger partial charge in [0.1, 0.15) is 0 Å². The first-order chi connectivity index (χ1) is 14.6. The number of nitrogens with one attached hydrogen (secondary N) is 1. The van der Waals surface area contributed by atoms with E-state index in [-0.39, 0.29) is 40.2 Å². The number of hydrogen-bond acceptors (Lipinski definition) is 3. The first-order valence-corrected chi connectivity index (χ1v) is 10.2. The molecule has 5 nitrogen and oxygen atoms in total. The van der Waals surface area contributed by atoms with E-state index in [1.807, 2.05) is 0 Å². The van der Waals surface area contributed by atoms with Gasteiger partial charge >= 0.3 is 6.18 Å². The van der Waals surface area contributed by atoms with Gasteiger partial charge in [-0.25, -0.2) is 0 Å². The van der Waals surface area contributed by atoms with Gasteiger partial charge in [0.25, 0.3) is 0 Å². The van der Waals surface area contributed by atoms with Crippen molar-refractivity contribution in [2.24, 2.45) is 0 Å². The van der Waals surface area contributed by atoms with Crippen LogP contribution in [-0.4, -0.2) is 21.5 Å². The Labute approximate surface area is 189 Å². The second-order valence-electron chi connectivity index (χ2n) is 6.65. The molecule has 1 amide bonds. The highest BCUT2D eigenvalue weighted by Gasteiger charge is 2.37. The van der Waals surface area contributed by atoms with Crippen LogP contribution in [0.4, 0.5) is 18.9 Å². The standard InChI is InChI=1S/C21H16BrClF3N3O2/c1-12-18(22)20(21(24,25)26)28-29(12)10-9-17(30)27-16-8-7-14(23)11-15(16)19(31)13-5-3-2-4-6-13/h2-8,11H,9-10H2,1H3,(H,27,30). The number of halogens is 5. The molecule has 0 aliphatic heterocycles. The van der Waals surface area contributed by atoms with Gasteiger partial charge in [0.15, 0.2) is 11.5 Å². The Balaban J connectivity index is 1.76. The number of ketones is 1. The maximum absolute atomic E-state index is 13.0. The summed E-state index contributed by atoms with van der Waals surface area (Å²) in [5.41, 5.74) is 0.115. The van der Waals surface area contributed by atoms with Crippen LogP contribution in [-0.2, 0) is 17.5 Å². The van der Waals surface area contributed by atoms with Crippen LogP contribution in [0.1, 0.15) is 33.7 Å². The zero-order valence-corrected chi connectivity index (χ0v) is 18.5. The zero-order valence-electron chi connectivity index (χ0n) is 16.1. The first-order valence-electron chi connectivity index (χ1n) is 9.07. The monoisotopic (exact) mass is 513 g/mol. The predicted octanol–water partition coefficient (Wildman–Crippen LogP) is 5.89. The highest BCUT2D eigenvalue weighted by molar-refractivity contribution is 9.10. The molecule has 1 aromatic heterocycles. The van der Waals surface area contributed by atoms with Gasteiger partial charge in [0, 0.05) is 22.6 Å². The molecule has 3 rings (SSSR count). The number of nitrogens with zero attached hydrogens (tertiary/aromatic N) is 2. The summed E-state index contributed by atoms with van der Waals surface area (Å²) in [7, 11) is 0. The van der Waals surface area contributed by atoms with Gasteiger partial charge in [-0.3, -0.25) is 14.3 Å². The first kappa shape index (κ1) is 23.0. The highest BCUT2D eigenvalue weighted by atomic mass is 79.9. The molecule has 0 atom stereocenters. The smallest absolute Gasteiger partial charge is 0.325 e. The summed E-state index contributed by atoms with van der Waals surface area (Å²) in [5.74, 6) is -0.802. The van der Waals surface area contributed by atoms with Crippen LogP contribution in [0.25, 0.3) is 0 Å². The Morgan fingerprint density at radius 3 is 2.45 bits per heavy atom. The summed E-state index contributed by atoms with van der Waals surface area (Å²) in [4.78, 5) is 25.3. The van der Waals surface area contributed by atoms with E-state index in [1.165, 1.54) is 25.1 Å². The second kappa shape index (κ2) is 9.23. The number of aryl methyl sites for hydroxylation is 1. The molecule has 1 heterocycles. The van der Waals surface area contributed by atoms with Crippen LogP contribution >= 0.6 is 27.5 Å². The fourth-order valence-electron chi connectivity index (χ4n) is 2.90. The average Bonchev–Trinajstić information content (AvgIpc) is 3.02. The number of hydrogen-bond donors (Lipinski definition) is 1. The Morgan fingerprint density at radius 1 is 1.16 bits per heavy atom. The van der Waals surface area contributed by atoms with Gasteiger partial charge in [-0.1, -0.05) is 41.9 Å². The minimum Gasteiger partial charge on any atom is -0.325 e. The summed E-state index contributed by atoms with van der Waals surface area (Å²) in [6.45, 7) is 1.40. The van der Waals surface area contributed by atoms with Gasteiger partial charge in [-0.2, -0.15) is 18.3 Å². The van der Waals surface area contributed by atoms with Crippen LogP contribution in [0.5, 0.6) is 0 Å². The molecular formula is C21H16BrClF3N3O2. The quantitative estimate of drug-likeness (QED) is 0.418. The van der Waals surface area contributed by atoms with Crippen LogP contribution in [0.15, 0.2) is 53.0 Å². The van der Waals surface area contributed by atoms with E-state index in [9.17, 15) is 22.8 Å². The van der Waals surface area contributed by atoms with Crippen molar-refractivity contribution in [3.8, 4) is 0 Å². The van der Waals surface area contributed by atoms with Crippen LogP contribution in [0.2, 0.25) is 5.02 Å². The Bertz CT molecular complexity index is 1130. The molecule has 0 spiro atoms. The molecule has 10 heteroatoms. The molecule has 0 bridgehead atoms. The molecule has 2 aromatic carbocycles. The van der Waals surface area contributed by atoms with E-state index in [0.29, 0.717) is 10.6 Å². The van der Waals surface area contributed by atoms with E-state index in [4.69, 9.17) is 11.6 Å². The van der Waals surface area contributed by atoms with Crippen LogP contribution < -0.4 is 5.32 Å². The molecule has 0 fully saturated rings. The fourth-order valence-corrected chi connectivity index (χ4v) is 3.58. The van der Waals surface area contributed by atoms with Gasteiger partial charge in [-0.15, -0.1) is 0 Å². The van der Waals surface area contributed by atoms with Crippen molar-refractivity contribution in [3.05, 3.63) is 80.5 Å². The minimum absolute atomic E-state index is 0.0676. The molecule has 1 N–H and O–H groups in total. The lowest BCUT2D eigenvalue weighted by Crippen LogP contribution is -2.18. The average molecular weight is 515 g/mol. The van der Waals surface area contributed by atoms with Crippen molar-refractivity contribution in [1.82, 2.24) is 9.78 Å². The molecule has 31 heavy (non-hydrogen) atoms. The highest BCUT2D eigenvalue weighted by Crippen LogP contribution is 2.35. The van der Waals surface area contributed by atoms with E-state index >= 15 is 0 Å². The number of anilines is 1. The van der Waals surface area contributed by atoms with Gasteiger partial charge in [0.2, 0.25) is 5.91 Å². The van der Waals surface area contributed by atoms with Gasteiger partial charge < -0.3 is 5.32 Å². The molecule has 0 saturated heterocycles.